The van der Waals surface area contributed by atoms with Crippen LogP contribution in [0.1, 0.15) is 5.56 Å². The van der Waals surface area contributed by atoms with E-state index in [-0.39, 0.29) is 0 Å². The Labute approximate surface area is 263 Å². The molecule has 0 aliphatic rings. The Balaban J connectivity index is 1.17. The molecule has 0 unspecified atom stereocenters. The van der Waals surface area contributed by atoms with E-state index in [0.29, 0.717) is 0 Å². The topological polar surface area (TPSA) is 16.4 Å². The molecule has 0 spiro atoms. The first kappa shape index (κ1) is 26.7. The third-order valence-electron chi connectivity index (χ3n) is 8.65. The minimum Gasteiger partial charge on any atom is -0.456 e. The first-order chi connectivity index (χ1) is 22.2. The van der Waals surface area contributed by atoms with Crippen LogP contribution in [0.25, 0.3) is 55.3 Å². The van der Waals surface area contributed by atoms with Crippen molar-refractivity contribution in [3.8, 4) is 33.6 Å². The van der Waals surface area contributed by atoms with Crippen LogP contribution in [0.2, 0.25) is 0 Å². The van der Waals surface area contributed by atoms with Gasteiger partial charge in [0.05, 0.1) is 0 Å². The van der Waals surface area contributed by atoms with Gasteiger partial charge in [0.25, 0.3) is 0 Å². The molecule has 0 saturated carbocycles. The van der Waals surface area contributed by atoms with E-state index in [1.54, 1.807) is 0 Å². The van der Waals surface area contributed by atoms with Gasteiger partial charge in [0, 0.05) is 33.6 Å². The van der Waals surface area contributed by atoms with Crippen LogP contribution in [0.5, 0.6) is 0 Å². The van der Waals surface area contributed by atoms with Crippen LogP contribution in [0, 0.1) is 6.92 Å². The number of hydrogen-bond acceptors (Lipinski definition) is 2. The van der Waals surface area contributed by atoms with E-state index in [2.05, 4.69) is 170 Å². The molecule has 2 nitrogen and oxygen atoms in total. The van der Waals surface area contributed by atoms with Crippen molar-refractivity contribution < 1.29 is 4.42 Å². The number of hydrogen-bond donors (Lipinski definition) is 0. The number of anilines is 3. The van der Waals surface area contributed by atoms with Crippen molar-refractivity contribution in [2.75, 3.05) is 4.90 Å². The third kappa shape index (κ3) is 5.07. The molecule has 0 N–H and O–H groups in total. The van der Waals surface area contributed by atoms with Gasteiger partial charge < -0.3 is 9.32 Å². The van der Waals surface area contributed by atoms with Crippen molar-refractivity contribution in [3.63, 3.8) is 0 Å². The molecule has 214 valence electrons. The second kappa shape index (κ2) is 11.3. The van der Waals surface area contributed by atoms with E-state index >= 15 is 0 Å². The maximum Gasteiger partial charge on any atom is 0.138 e. The number of para-hydroxylation sites is 1. The maximum atomic E-state index is 6.28. The zero-order valence-corrected chi connectivity index (χ0v) is 25.0. The van der Waals surface area contributed by atoms with Crippen molar-refractivity contribution in [1.82, 2.24) is 0 Å². The summed E-state index contributed by atoms with van der Waals surface area (Å²) in [6.07, 6.45) is 0. The number of aryl methyl sites for hydroxylation is 1. The van der Waals surface area contributed by atoms with Crippen LogP contribution < -0.4 is 4.90 Å². The van der Waals surface area contributed by atoms with E-state index in [1.165, 1.54) is 27.5 Å². The maximum absolute atomic E-state index is 6.28. The summed E-state index contributed by atoms with van der Waals surface area (Å²) in [5.41, 5.74) is 11.2. The normalized spacial score (nSPS) is 11.2. The minimum absolute atomic E-state index is 0.922. The van der Waals surface area contributed by atoms with Gasteiger partial charge in [-0.1, -0.05) is 121 Å². The molecule has 2 heteroatoms. The smallest absolute Gasteiger partial charge is 0.138 e. The van der Waals surface area contributed by atoms with E-state index < -0.39 is 0 Å². The van der Waals surface area contributed by atoms with Gasteiger partial charge in [-0.2, -0.15) is 0 Å². The average molecular weight is 578 g/mol. The minimum atomic E-state index is 0.922. The largest absolute Gasteiger partial charge is 0.456 e. The fourth-order valence-electron chi connectivity index (χ4n) is 6.29. The number of fused-ring (bicyclic) bond motifs is 2. The summed E-state index contributed by atoms with van der Waals surface area (Å²) in [5, 5.41) is 3.61. The predicted molar refractivity (Wildman–Crippen MR) is 189 cm³/mol. The fourth-order valence-corrected chi connectivity index (χ4v) is 6.29. The second-order valence-corrected chi connectivity index (χ2v) is 11.5. The lowest BCUT2D eigenvalue weighted by atomic mass is 9.99. The Bertz CT molecular complexity index is 2260. The SMILES string of the molecule is Cc1c(-c2cccc(-c3ccc(N(c4ccc(-c5ccccc5)cc4)c4ccc5ccccc5c4)cc3)c2)oc2ccccc12. The third-order valence-corrected chi connectivity index (χ3v) is 8.65. The second-order valence-electron chi connectivity index (χ2n) is 11.5. The number of rotatable bonds is 6. The van der Waals surface area contributed by atoms with Crippen molar-refractivity contribution in [2.45, 2.75) is 6.92 Å². The quantitative estimate of drug-likeness (QED) is 0.195. The van der Waals surface area contributed by atoms with E-state index in [4.69, 9.17) is 4.42 Å². The van der Waals surface area contributed by atoms with Gasteiger partial charge in [0.15, 0.2) is 0 Å². The fraction of sp³-hybridized carbons (Fsp3) is 0.0233. The van der Waals surface area contributed by atoms with Crippen molar-refractivity contribution in [1.29, 1.82) is 0 Å². The summed E-state index contributed by atoms with van der Waals surface area (Å²) in [4.78, 5) is 2.33. The van der Waals surface area contributed by atoms with Crippen molar-refractivity contribution >= 4 is 38.8 Å². The molecule has 1 heterocycles. The summed E-state index contributed by atoms with van der Waals surface area (Å²) in [6.45, 7) is 2.14. The number of nitrogens with zero attached hydrogens (tertiary/aromatic N) is 1. The Kier molecular flexibility index (Phi) is 6.73. The molecular formula is C43H31NO. The van der Waals surface area contributed by atoms with Crippen LogP contribution >= 0.6 is 0 Å². The zero-order valence-electron chi connectivity index (χ0n) is 25.0. The van der Waals surface area contributed by atoms with Crippen LogP contribution in [0.15, 0.2) is 174 Å². The van der Waals surface area contributed by atoms with Crippen LogP contribution in [-0.4, -0.2) is 0 Å². The monoisotopic (exact) mass is 577 g/mol. The van der Waals surface area contributed by atoms with E-state index in [9.17, 15) is 0 Å². The summed E-state index contributed by atoms with van der Waals surface area (Å²) in [5.74, 6) is 0.927. The molecule has 0 bridgehead atoms. The lowest BCUT2D eigenvalue weighted by molar-refractivity contribution is 0.629. The van der Waals surface area contributed by atoms with Gasteiger partial charge >= 0.3 is 0 Å². The Morgan fingerprint density at radius 2 is 0.956 bits per heavy atom. The van der Waals surface area contributed by atoms with Crippen LogP contribution in [0.3, 0.4) is 0 Å². The molecule has 0 radical (unpaired) electrons. The first-order valence-corrected chi connectivity index (χ1v) is 15.3. The molecule has 45 heavy (non-hydrogen) atoms. The predicted octanol–water partition coefficient (Wildman–Crippen LogP) is 12.4. The van der Waals surface area contributed by atoms with Gasteiger partial charge in [0.2, 0.25) is 0 Å². The van der Waals surface area contributed by atoms with Crippen molar-refractivity contribution in [2.24, 2.45) is 0 Å². The summed E-state index contributed by atoms with van der Waals surface area (Å²) >= 11 is 0. The molecule has 0 aliphatic heterocycles. The standard InChI is InChI=1S/C43H31NO/c1-30-41-16-7-8-17-42(41)45-43(30)37-15-9-14-35(28-37)34-20-25-39(26-21-34)44(40-27-22-32-12-5-6-13-36(32)29-40)38-23-18-33(19-24-38)31-10-3-2-4-11-31/h2-29H,1H3. The van der Waals surface area contributed by atoms with Gasteiger partial charge in [-0.3, -0.25) is 0 Å². The summed E-state index contributed by atoms with van der Waals surface area (Å²) in [6, 6.07) is 60.3. The van der Waals surface area contributed by atoms with Crippen molar-refractivity contribution in [3.05, 3.63) is 175 Å². The Morgan fingerprint density at radius 1 is 0.400 bits per heavy atom. The zero-order chi connectivity index (χ0) is 30.2. The lowest BCUT2D eigenvalue weighted by Gasteiger charge is -2.26. The molecule has 0 amide bonds. The molecule has 8 rings (SSSR count). The van der Waals surface area contributed by atoms with E-state index in [0.717, 1.165) is 50.5 Å². The summed E-state index contributed by atoms with van der Waals surface area (Å²) in [7, 11) is 0. The molecular weight excluding hydrogens is 546 g/mol. The van der Waals surface area contributed by atoms with Gasteiger partial charge in [0.1, 0.15) is 11.3 Å². The summed E-state index contributed by atoms with van der Waals surface area (Å²) < 4.78 is 6.28. The molecule has 7 aromatic carbocycles. The lowest BCUT2D eigenvalue weighted by Crippen LogP contribution is -2.09. The van der Waals surface area contributed by atoms with Gasteiger partial charge in [-0.25, -0.2) is 0 Å². The van der Waals surface area contributed by atoms with Crippen LogP contribution in [-0.2, 0) is 0 Å². The number of benzene rings is 7. The molecule has 0 aliphatic carbocycles. The van der Waals surface area contributed by atoms with Gasteiger partial charge in [-0.05, 0) is 88.5 Å². The highest BCUT2D eigenvalue weighted by Gasteiger charge is 2.15. The Hall–Kier alpha value is -5.86. The number of furan rings is 1. The Morgan fingerprint density at radius 3 is 1.69 bits per heavy atom. The highest BCUT2D eigenvalue weighted by Crippen LogP contribution is 2.39. The molecule has 0 atom stereocenters. The van der Waals surface area contributed by atoms with Crippen LogP contribution in [0.4, 0.5) is 17.1 Å². The van der Waals surface area contributed by atoms with E-state index in [1.807, 2.05) is 12.1 Å². The van der Waals surface area contributed by atoms with Gasteiger partial charge in [-0.15, -0.1) is 0 Å². The highest BCUT2D eigenvalue weighted by atomic mass is 16.3. The molecule has 0 fully saturated rings. The average Bonchev–Trinajstić information content (AvgIpc) is 3.45. The molecule has 1 aromatic heterocycles. The molecule has 8 aromatic rings. The molecule has 0 saturated heterocycles. The highest BCUT2D eigenvalue weighted by molar-refractivity contribution is 5.90. The first-order valence-electron chi connectivity index (χ1n) is 15.3.